The highest BCUT2D eigenvalue weighted by Crippen LogP contribution is 2.26. The minimum atomic E-state index is -0.455. The largest absolute Gasteiger partial charge is 0.445 e. The lowest BCUT2D eigenvalue weighted by molar-refractivity contribution is -0.122. The van der Waals surface area contributed by atoms with Gasteiger partial charge in [0, 0.05) is 12.6 Å². The number of nitrogens with one attached hydrogen (secondary N) is 2. The molecule has 0 radical (unpaired) electrons. The molecule has 1 aliphatic carbocycles. The van der Waals surface area contributed by atoms with E-state index in [-0.39, 0.29) is 24.6 Å². The van der Waals surface area contributed by atoms with Crippen LogP contribution in [-0.4, -0.2) is 30.6 Å². The molecule has 1 atom stereocenters. The molecule has 1 saturated carbocycles. The predicted molar refractivity (Wildman–Crippen MR) is 96.8 cm³/mol. The first-order valence-corrected chi connectivity index (χ1v) is 9.05. The molecule has 138 valence electrons. The molecule has 0 saturated heterocycles. The Morgan fingerprint density at radius 1 is 1.20 bits per heavy atom. The summed E-state index contributed by atoms with van der Waals surface area (Å²) in [7, 11) is 0. The first-order valence-electron chi connectivity index (χ1n) is 9.05. The van der Waals surface area contributed by atoms with Crippen molar-refractivity contribution in [3.63, 3.8) is 0 Å². The second kappa shape index (κ2) is 10.0. The Labute approximate surface area is 149 Å². The van der Waals surface area contributed by atoms with Crippen LogP contribution in [0.25, 0.3) is 0 Å². The number of carbonyl (C=O) groups excluding carboxylic acids is 2. The number of hydrogen-bond acceptors (Lipinski definition) is 4. The van der Waals surface area contributed by atoms with E-state index in [0.29, 0.717) is 12.5 Å². The normalized spacial score (nSPS) is 21.2. The van der Waals surface area contributed by atoms with Crippen LogP contribution in [0.3, 0.4) is 0 Å². The van der Waals surface area contributed by atoms with Crippen molar-refractivity contribution in [3.8, 4) is 0 Å². The Balaban J connectivity index is 1.55. The molecule has 1 aromatic carbocycles. The summed E-state index contributed by atoms with van der Waals surface area (Å²) in [5.41, 5.74) is 6.55. The Hall–Kier alpha value is -2.08. The number of ether oxygens (including phenoxy) is 1. The Morgan fingerprint density at radius 2 is 1.88 bits per heavy atom. The van der Waals surface area contributed by atoms with E-state index in [1.807, 2.05) is 30.3 Å². The first kappa shape index (κ1) is 19.2. The van der Waals surface area contributed by atoms with Gasteiger partial charge in [-0.05, 0) is 50.5 Å². The smallest absolute Gasteiger partial charge is 0.407 e. The van der Waals surface area contributed by atoms with Crippen molar-refractivity contribution in [3.05, 3.63) is 35.9 Å². The molecule has 6 nitrogen and oxygen atoms in total. The third-order valence-electron chi connectivity index (χ3n) is 4.64. The highest BCUT2D eigenvalue weighted by atomic mass is 16.5. The molecule has 2 amide bonds. The molecule has 0 unspecified atom stereocenters. The molecule has 1 aromatic rings. The fourth-order valence-corrected chi connectivity index (χ4v) is 3.08. The minimum Gasteiger partial charge on any atom is -0.445 e. The summed E-state index contributed by atoms with van der Waals surface area (Å²) in [5.74, 6) is 0.504. The van der Waals surface area contributed by atoms with Crippen molar-refractivity contribution < 1.29 is 14.3 Å². The van der Waals surface area contributed by atoms with Crippen LogP contribution in [0.1, 0.15) is 44.6 Å². The highest BCUT2D eigenvalue weighted by Gasteiger charge is 2.23. The molecule has 0 aliphatic heterocycles. The van der Waals surface area contributed by atoms with Crippen LogP contribution < -0.4 is 16.4 Å². The van der Waals surface area contributed by atoms with Gasteiger partial charge >= 0.3 is 6.09 Å². The van der Waals surface area contributed by atoms with Gasteiger partial charge in [0.15, 0.2) is 0 Å². The molecule has 2 rings (SSSR count). The number of carbonyl (C=O) groups is 2. The van der Waals surface area contributed by atoms with Crippen LogP contribution in [0.5, 0.6) is 0 Å². The van der Waals surface area contributed by atoms with Crippen LogP contribution >= 0.6 is 0 Å². The summed E-state index contributed by atoms with van der Waals surface area (Å²) in [6, 6.07) is 9.40. The molecule has 0 bridgehead atoms. The zero-order chi connectivity index (χ0) is 18.1. The van der Waals surface area contributed by atoms with E-state index in [2.05, 4.69) is 10.6 Å². The monoisotopic (exact) mass is 347 g/mol. The van der Waals surface area contributed by atoms with E-state index in [1.54, 1.807) is 6.92 Å². The van der Waals surface area contributed by atoms with Crippen LogP contribution in [0.4, 0.5) is 4.79 Å². The van der Waals surface area contributed by atoms with E-state index in [9.17, 15) is 9.59 Å². The number of nitrogens with two attached hydrogens (primary N) is 1. The van der Waals surface area contributed by atoms with Crippen molar-refractivity contribution in [2.45, 2.75) is 57.7 Å². The molecule has 0 spiro atoms. The second-order valence-corrected chi connectivity index (χ2v) is 6.79. The summed E-state index contributed by atoms with van der Waals surface area (Å²) < 4.78 is 5.19. The third-order valence-corrected chi connectivity index (χ3v) is 4.64. The maximum atomic E-state index is 11.7. The number of alkyl carbamates (subject to hydrolysis) is 1. The second-order valence-electron chi connectivity index (χ2n) is 6.79. The molecule has 1 fully saturated rings. The SMILES string of the molecule is C[C@H](N)C(=O)NC1CCC(CCNC(=O)OCc2ccccc2)CC1. The van der Waals surface area contributed by atoms with Gasteiger partial charge < -0.3 is 21.1 Å². The van der Waals surface area contributed by atoms with E-state index < -0.39 is 6.04 Å². The lowest BCUT2D eigenvalue weighted by atomic mass is 9.84. The van der Waals surface area contributed by atoms with Gasteiger partial charge in [-0.1, -0.05) is 30.3 Å². The molecule has 25 heavy (non-hydrogen) atoms. The van der Waals surface area contributed by atoms with Crippen molar-refractivity contribution in [1.82, 2.24) is 10.6 Å². The summed E-state index contributed by atoms with van der Waals surface area (Å²) in [4.78, 5) is 23.3. The van der Waals surface area contributed by atoms with Gasteiger partial charge in [0.05, 0.1) is 6.04 Å². The van der Waals surface area contributed by atoms with Gasteiger partial charge in [0.1, 0.15) is 6.61 Å². The van der Waals surface area contributed by atoms with Gasteiger partial charge in [-0.25, -0.2) is 4.79 Å². The Bertz CT molecular complexity index is 540. The Kier molecular flexibility index (Phi) is 7.73. The van der Waals surface area contributed by atoms with Crippen molar-refractivity contribution in [2.24, 2.45) is 11.7 Å². The average Bonchev–Trinajstić information content (AvgIpc) is 2.62. The molecule has 6 heteroatoms. The molecule has 1 aliphatic rings. The number of rotatable bonds is 7. The van der Waals surface area contributed by atoms with Crippen molar-refractivity contribution >= 4 is 12.0 Å². The number of hydrogen-bond donors (Lipinski definition) is 3. The fraction of sp³-hybridized carbons (Fsp3) is 0.579. The van der Waals surface area contributed by atoms with E-state index in [0.717, 1.165) is 37.7 Å². The fourth-order valence-electron chi connectivity index (χ4n) is 3.08. The predicted octanol–water partition coefficient (Wildman–Crippen LogP) is 2.33. The quantitative estimate of drug-likeness (QED) is 0.706. The lowest BCUT2D eigenvalue weighted by Crippen LogP contribution is -2.45. The highest BCUT2D eigenvalue weighted by molar-refractivity contribution is 5.81. The average molecular weight is 347 g/mol. The van der Waals surface area contributed by atoms with Crippen molar-refractivity contribution in [2.75, 3.05) is 6.54 Å². The first-order chi connectivity index (χ1) is 12.0. The van der Waals surface area contributed by atoms with Gasteiger partial charge in [0.2, 0.25) is 5.91 Å². The van der Waals surface area contributed by atoms with Crippen LogP contribution in [-0.2, 0) is 16.1 Å². The number of amides is 2. The zero-order valence-corrected chi connectivity index (χ0v) is 14.9. The van der Waals surface area contributed by atoms with Crippen LogP contribution in [0, 0.1) is 5.92 Å². The molecular formula is C19H29N3O3. The maximum absolute atomic E-state index is 11.7. The summed E-state index contributed by atoms with van der Waals surface area (Å²) in [6.07, 6.45) is 4.63. The van der Waals surface area contributed by atoms with Crippen LogP contribution in [0.15, 0.2) is 30.3 Å². The summed E-state index contributed by atoms with van der Waals surface area (Å²) in [5, 5.41) is 5.80. The van der Waals surface area contributed by atoms with Gasteiger partial charge in [-0.3, -0.25) is 4.79 Å². The third kappa shape index (κ3) is 7.13. The van der Waals surface area contributed by atoms with Crippen LogP contribution in [0.2, 0.25) is 0 Å². The van der Waals surface area contributed by atoms with Crippen molar-refractivity contribution in [1.29, 1.82) is 0 Å². The topological polar surface area (TPSA) is 93.5 Å². The maximum Gasteiger partial charge on any atom is 0.407 e. The molecule has 0 aromatic heterocycles. The Morgan fingerprint density at radius 3 is 2.52 bits per heavy atom. The van der Waals surface area contributed by atoms with Gasteiger partial charge in [-0.15, -0.1) is 0 Å². The lowest BCUT2D eigenvalue weighted by Gasteiger charge is -2.29. The summed E-state index contributed by atoms with van der Waals surface area (Å²) in [6.45, 7) is 2.61. The molecular weight excluding hydrogens is 318 g/mol. The summed E-state index contributed by atoms with van der Waals surface area (Å²) >= 11 is 0. The van der Waals surface area contributed by atoms with E-state index in [4.69, 9.17) is 10.5 Å². The van der Waals surface area contributed by atoms with Gasteiger partial charge in [-0.2, -0.15) is 0 Å². The molecule has 0 heterocycles. The minimum absolute atomic E-state index is 0.0775. The van der Waals surface area contributed by atoms with E-state index >= 15 is 0 Å². The number of benzene rings is 1. The zero-order valence-electron chi connectivity index (χ0n) is 14.9. The van der Waals surface area contributed by atoms with Gasteiger partial charge in [0.25, 0.3) is 0 Å². The van der Waals surface area contributed by atoms with E-state index in [1.165, 1.54) is 0 Å². The molecule has 4 N–H and O–H groups in total. The standard InChI is InChI=1S/C19H29N3O3/c1-14(20)18(23)22-17-9-7-15(8-10-17)11-12-21-19(24)25-13-16-5-3-2-4-6-16/h2-6,14-15,17H,7-13,20H2,1H3,(H,21,24)(H,22,23)/t14-,15?,17?/m0/s1.